The van der Waals surface area contributed by atoms with Crippen LogP contribution in [-0.2, 0) is 14.6 Å². The summed E-state index contributed by atoms with van der Waals surface area (Å²) in [4.78, 5) is 19.3. The van der Waals surface area contributed by atoms with E-state index in [1.165, 1.54) is 24.5 Å². The highest BCUT2D eigenvalue weighted by Crippen LogP contribution is 2.22. The Morgan fingerprint density at radius 2 is 1.96 bits per heavy atom. The Labute approximate surface area is 135 Å². The lowest BCUT2D eigenvalue weighted by Gasteiger charge is -2.11. The van der Waals surface area contributed by atoms with Gasteiger partial charge in [-0.05, 0) is 18.2 Å². The molecule has 2 N–H and O–H groups in total. The molecule has 0 radical (unpaired) electrons. The summed E-state index contributed by atoms with van der Waals surface area (Å²) >= 11 is 0. The number of nitrogens with zero attached hydrogens (tertiary/aromatic N) is 2. The predicted molar refractivity (Wildman–Crippen MR) is 80.2 cm³/mol. The van der Waals surface area contributed by atoms with Gasteiger partial charge < -0.3 is 10.6 Å². The number of sulfone groups is 1. The molecule has 1 heterocycles. The summed E-state index contributed by atoms with van der Waals surface area (Å²) in [7, 11) is -3.45. The van der Waals surface area contributed by atoms with Gasteiger partial charge in [0, 0.05) is 11.6 Å². The quantitative estimate of drug-likeness (QED) is 0.827. The highest BCUT2D eigenvalue weighted by Gasteiger charge is 2.27. The number of hydrogen-bond acceptors (Lipinski definition) is 6. The SMILES string of the molecule is CS(=O)(=O)c1ccc2ncnc(NCC(=O)NCC(F)(F)F)c2c1. The van der Waals surface area contributed by atoms with Crippen molar-refractivity contribution >= 4 is 32.5 Å². The number of halogens is 3. The molecule has 7 nitrogen and oxygen atoms in total. The molecule has 2 rings (SSSR count). The van der Waals surface area contributed by atoms with Crippen LogP contribution in [0.5, 0.6) is 0 Å². The first-order valence-corrected chi connectivity index (χ1v) is 8.47. The first-order chi connectivity index (χ1) is 11.1. The van der Waals surface area contributed by atoms with Gasteiger partial charge in [0.1, 0.15) is 18.7 Å². The number of alkyl halides is 3. The maximum Gasteiger partial charge on any atom is 0.405 e. The number of anilines is 1. The van der Waals surface area contributed by atoms with Gasteiger partial charge in [0.2, 0.25) is 5.91 Å². The van der Waals surface area contributed by atoms with Gasteiger partial charge >= 0.3 is 6.18 Å². The van der Waals surface area contributed by atoms with Crippen molar-refractivity contribution in [3.05, 3.63) is 24.5 Å². The van der Waals surface area contributed by atoms with Crippen LogP contribution in [0.15, 0.2) is 29.4 Å². The molecule has 0 aliphatic rings. The third-order valence-electron chi connectivity index (χ3n) is 2.94. The topological polar surface area (TPSA) is 101 Å². The maximum atomic E-state index is 12.0. The van der Waals surface area contributed by atoms with E-state index in [2.05, 4.69) is 15.3 Å². The van der Waals surface area contributed by atoms with Crippen LogP contribution in [0.1, 0.15) is 0 Å². The largest absolute Gasteiger partial charge is 0.405 e. The molecular weight excluding hydrogens is 349 g/mol. The van der Waals surface area contributed by atoms with E-state index in [4.69, 9.17) is 0 Å². The van der Waals surface area contributed by atoms with Crippen molar-refractivity contribution < 1.29 is 26.4 Å². The van der Waals surface area contributed by atoms with Crippen molar-refractivity contribution in [2.75, 3.05) is 24.7 Å². The van der Waals surface area contributed by atoms with E-state index >= 15 is 0 Å². The first kappa shape index (κ1) is 17.9. The molecule has 1 amide bonds. The maximum absolute atomic E-state index is 12.0. The zero-order chi connectivity index (χ0) is 18.0. The standard InChI is InChI=1S/C13H13F3N4O3S/c1-24(22,23)8-2-3-10-9(4-8)12(20-7-19-10)17-5-11(21)18-6-13(14,15)16/h2-4,7H,5-6H2,1H3,(H,18,21)(H,17,19,20). The molecule has 130 valence electrons. The summed E-state index contributed by atoms with van der Waals surface area (Å²) in [6.45, 7) is -1.89. The van der Waals surface area contributed by atoms with Gasteiger partial charge in [0.05, 0.1) is 17.0 Å². The van der Waals surface area contributed by atoms with Crippen molar-refractivity contribution in [2.24, 2.45) is 0 Å². The third kappa shape index (κ3) is 4.78. The molecule has 24 heavy (non-hydrogen) atoms. The van der Waals surface area contributed by atoms with E-state index < -0.39 is 35.0 Å². The van der Waals surface area contributed by atoms with Gasteiger partial charge in [-0.1, -0.05) is 0 Å². The predicted octanol–water partition coefficient (Wildman–Crippen LogP) is 1.12. The highest BCUT2D eigenvalue weighted by atomic mass is 32.2. The minimum absolute atomic E-state index is 0.0365. The fourth-order valence-electron chi connectivity index (χ4n) is 1.83. The number of fused-ring (bicyclic) bond motifs is 1. The van der Waals surface area contributed by atoms with Crippen LogP contribution in [0.4, 0.5) is 19.0 Å². The first-order valence-electron chi connectivity index (χ1n) is 6.58. The molecule has 1 aromatic heterocycles. The average molecular weight is 362 g/mol. The molecule has 0 atom stereocenters. The second-order valence-electron chi connectivity index (χ2n) is 4.92. The fourth-order valence-corrected chi connectivity index (χ4v) is 2.48. The van der Waals surface area contributed by atoms with Crippen LogP contribution in [0.3, 0.4) is 0 Å². The zero-order valence-electron chi connectivity index (χ0n) is 12.4. The van der Waals surface area contributed by atoms with Crippen LogP contribution in [-0.4, -0.2) is 49.8 Å². The summed E-state index contributed by atoms with van der Waals surface area (Å²) in [5.41, 5.74) is 0.426. The minimum Gasteiger partial charge on any atom is -0.360 e. The Morgan fingerprint density at radius 1 is 1.25 bits per heavy atom. The van der Waals surface area contributed by atoms with E-state index in [9.17, 15) is 26.4 Å². The number of aromatic nitrogens is 2. The number of carbonyl (C=O) groups excluding carboxylic acids is 1. The van der Waals surface area contributed by atoms with Gasteiger partial charge in [0.25, 0.3) is 0 Å². The van der Waals surface area contributed by atoms with Gasteiger partial charge in [-0.3, -0.25) is 4.79 Å². The van der Waals surface area contributed by atoms with Crippen molar-refractivity contribution in [2.45, 2.75) is 11.1 Å². The van der Waals surface area contributed by atoms with Crippen LogP contribution < -0.4 is 10.6 Å². The van der Waals surface area contributed by atoms with Crippen LogP contribution in [0.2, 0.25) is 0 Å². The van der Waals surface area contributed by atoms with Crippen LogP contribution in [0.25, 0.3) is 10.9 Å². The lowest BCUT2D eigenvalue weighted by Crippen LogP contribution is -2.37. The number of carbonyl (C=O) groups is 1. The molecule has 1 aromatic carbocycles. The monoisotopic (exact) mass is 362 g/mol. The fraction of sp³-hybridized carbons (Fsp3) is 0.308. The molecule has 0 unspecified atom stereocenters. The summed E-state index contributed by atoms with van der Waals surface area (Å²) in [6, 6.07) is 4.19. The molecule has 0 spiro atoms. The summed E-state index contributed by atoms with van der Waals surface area (Å²) in [6.07, 6.45) is -2.27. The third-order valence-corrected chi connectivity index (χ3v) is 4.05. The number of benzene rings is 1. The molecular formula is C13H13F3N4O3S. The Hall–Kier alpha value is -2.43. The van der Waals surface area contributed by atoms with Crippen molar-refractivity contribution in [3.63, 3.8) is 0 Å². The molecule has 0 aliphatic carbocycles. The Morgan fingerprint density at radius 3 is 2.58 bits per heavy atom. The number of hydrogen-bond donors (Lipinski definition) is 2. The zero-order valence-corrected chi connectivity index (χ0v) is 13.2. The van der Waals surface area contributed by atoms with Gasteiger partial charge in [-0.15, -0.1) is 0 Å². The van der Waals surface area contributed by atoms with Gasteiger partial charge in [0.15, 0.2) is 9.84 Å². The molecule has 0 saturated heterocycles. The summed E-state index contributed by atoms with van der Waals surface area (Å²) < 4.78 is 59.3. The summed E-state index contributed by atoms with van der Waals surface area (Å²) in [5.74, 6) is -0.731. The van der Waals surface area contributed by atoms with Gasteiger partial charge in [-0.25, -0.2) is 18.4 Å². The lowest BCUT2D eigenvalue weighted by molar-refractivity contribution is -0.137. The van der Waals surface area contributed by atoms with Crippen LogP contribution >= 0.6 is 0 Å². The molecule has 0 aliphatic heterocycles. The lowest BCUT2D eigenvalue weighted by atomic mass is 10.2. The minimum atomic E-state index is -4.50. The van der Waals surface area contributed by atoms with E-state index in [0.717, 1.165) is 6.26 Å². The number of amides is 1. The van der Waals surface area contributed by atoms with Gasteiger partial charge in [-0.2, -0.15) is 13.2 Å². The smallest absolute Gasteiger partial charge is 0.360 e. The molecule has 0 fully saturated rings. The molecule has 0 saturated carbocycles. The van der Waals surface area contributed by atoms with E-state index in [1.54, 1.807) is 5.32 Å². The Balaban J connectivity index is 2.18. The Kier molecular flexibility index (Phi) is 4.92. The molecule has 0 bridgehead atoms. The van der Waals surface area contributed by atoms with Crippen molar-refractivity contribution in [1.29, 1.82) is 0 Å². The second kappa shape index (κ2) is 6.59. The normalized spacial score (nSPS) is 12.2. The number of rotatable bonds is 5. The molecule has 11 heteroatoms. The molecule has 2 aromatic rings. The summed E-state index contributed by atoms with van der Waals surface area (Å²) in [5, 5.41) is 4.62. The van der Waals surface area contributed by atoms with Crippen molar-refractivity contribution in [1.82, 2.24) is 15.3 Å². The van der Waals surface area contributed by atoms with E-state index in [-0.39, 0.29) is 10.7 Å². The highest BCUT2D eigenvalue weighted by molar-refractivity contribution is 7.90. The average Bonchev–Trinajstić information content (AvgIpc) is 2.48. The van der Waals surface area contributed by atoms with Crippen LogP contribution in [0, 0.1) is 0 Å². The second-order valence-corrected chi connectivity index (χ2v) is 6.93. The van der Waals surface area contributed by atoms with E-state index in [1.807, 2.05) is 0 Å². The number of nitrogens with one attached hydrogen (secondary N) is 2. The van der Waals surface area contributed by atoms with E-state index in [0.29, 0.717) is 10.9 Å². The van der Waals surface area contributed by atoms with Crippen molar-refractivity contribution in [3.8, 4) is 0 Å². The Bertz CT molecular complexity index is 868.